The fourth-order valence-electron chi connectivity index (χ4n) is 2.43. The quantitative estimate of drug-likeness (QED) is 0.791. The Bertz CT molecular complexity index is 916. The van der Waals surface area contributed by atoms with Crippen molar-refractivity contribution in [1.82, 2.24) is 19.5 Å². The second-order valence-electron chi connectivity index (χ2n) is 5.64. The second kappa shape index (κ2) is 6.72. The highest BCUT2D eigenvalue weighted by atomic mass is 16.5. The number of imidazole rings is 1. The summed E-state index contributed by atoms with van der Waals surface area (Å²) >= 11 is 0. The minimum atomic E-state index is -0.262. The van der Waals surface area contributed by atoms with Crippen molar-refractivity contribution < 1.29 is 9.53 Å². The third-order valence-electron chi connectivity index (χ3n) is 4.04. The smallest absolute Gasteiger partial charge is 0.316 e. The Morgan fingerprint density at radius 1 is 1.08 bits per heavy atom. The SMILES string of the molecule is COc1ncc(C(=O)Nc2ccc(-n3cnc(C)c3C)cc2)c(C)n1. The van der Waals surface area contributed by atoms with E-state index in [0.29, 0.717) is 16.9 Å². The van der Waals surface area contributed by atoms with Crippen molar-refractivity contribution in [1.29, 1.82) is 0 Å². The summed E-state index contributed by atoms with van der Waals surface area (Å²) in [6.45, 7) is 5.73. The Morgan fingerprint density at radius 2 is 1.80 bits per heavy atom. The molecule has 7 nitrogen and oxygen atoms in total. The van der Waals surface area contributed by atoms with Crippen LogP contribution in [0.1, 0.15) is 27.4 Å². The number of aryl methyl sites for hydroxylation is 2. The summed E-state index contributed by atoms with van der Waals surface area (Å²) in [6, 6.07) is 7.80. The van der Waals surface area contributed by atoms with Crippen molar-refractivity contribution in [2.45, 2.75) is 20.8 Å². The fourth-order valence-corrected chi connectivity index (χ4v) is 2.43. The number of anilines is 1. The zero-order valence-electron chi connectivity index (χ0n) is 14.6. The van der Waals surface area contributed by atoms with Crippen molar-refractivity contribution in [3.05, 3.63) is 59.4 Å². The predicted molar refractivity (Wildman–Crippen MR) is 94.3 cm³/mol. The maximum absolute atomic E-state index is 12.4. The molecular weight excluding hydrogens is 318 g/mol. The molecule has 1 amide bonds. The zero-order chi connectivity index (χ0) is 18.0. The average molecular weight is 337 g/mol. The molecule has 25 heavy (non-hydrogen) atoms. The van der Waals surface area contributed by atoms with E-state index in [9.17, 15) is 4.79 Å². The van der Waals surface area contributed by atoms with Crippen LogP contribution in [-0.4, -0.2) is 32.5 Å². The number of rotatable bonds is 4. The van der Waals surface area contributed by atoms with Crippen LogP contribution in [-0.2, 0) is 0 Å². The average Bonchev–Trinajstić information content (AvgIpc) is 2.94. The van der Waals surface area contributed by atoms with E-state index in [1.165, 1.54) is 13.3 Å². The molecule has 0 aliphatic carbocycles. The molecule has 2 heterocycles. The number of aromatic nitrogens is 4. The number of carbonyl (C=O) groups excluding carboxylic acids is 1. The van der Waals surface area contributed by atoms with Gasteiger partial charge >= 0.3 is 6.01 Å². The van der Waals surface area contributed by atoms with Gasteiger partial charge in [-0.05, 0) is 45.0 Å². The number of ether oxygens (including phenoxy) is 1. The number of carbonyl (C=O) groups is 1. The Morgan fingerprint density at radius 3 is 2.36 bits per heavy atom. The van der Waals surface area contributed by atoms with Gasteiger partial charge in [0.05, 0.1) is 30.4 Å². The van der Waals surface area contributed by atoms with E-state index in [4.69, 9.17) is 4.74 Å². The predicted octanol–water partition coefficient (Wildman–Crippen LogP) is 2.85. The van der Waals surface area contributed by atoms with Crippen molar-refractivity contribution >= 4 is 11.6 Å². The van der Waals surface area contributed by atoms with Gasteiger partial charge in [0.1, 0.15) is 0 Å². The van der Waals surface area contributed by atoms with Crippen molar-refractivity contribution in [3.8, 4) is 11.7 Å². The molecule has 7 heteroatoms. The molecular formula is C18H19N5O2. The maximum Gasteiger partial charge on any atom is 0.316 e. The lowest BCUT2D eigenvalue weighted by molar-refractivity contribution is 0.102. The molecule has 3 rings (SSSR count). The number of nitrogens with one attached hydrogen (secondary N) is 1. The molecule has 0 aliphatic heterocycles. The topological polar surface area (TPSA) is 81.9 Å². The normalized spacial score (nSPS) is 10.6. The Hall–Kier alpha value is -3.22. The molecule has 0 bridgehead atoms. The molecule has 0 spiro atoms. The number of methoxy groups -OCH3 is 1. The first-order chi connectivity index (χ1) is 12.0. The van der Waals surface area contributed by atoms with E-state index < -0.39 is 0 Å². The molecule has 1 N–H and O–H groups in total. The third kappa shape index (κ3) is 3.35. The van der Waals surface area contributed by atoms with Crippen LogP contribution in [0.15, 0.2) is 36.8 Å². The van der Waals surface area contributed by atoms with Crippen LogP contribution in [0.2, 0.25) is 0 Å². The molecule has 0 fully saturated rings. The highest BCUT2D eigenvalue weighted by Crippen LogP contribution is 2.18. The molecule has 0 unspecified atom stereocenters. The van der Waals surface area contributed by atoms with Gasteiger partial charge in [-0.2, -0.15) is 4.98 Å². The standard InChI is InChI=1S/C18H19N5O2/c1-11-13(3)23(10-20-11)15-7-5-14(6-8-15)22-17(24)16-9-19-18(25-4)21-12(16)2/h5-10H,1-4H3,(H,22,24). The van der Waals surface area contributed by atoms with E-state index in [-0.39, 0.29) is 11.9 Å². The van der Waals surface area contributed by atoms with Gasteiger partial charge in [-0.3, -0.25) is 4.79 Å². The van der Waals surface area contributed by atoms with Crippen LogP contribution in [0, 0.1) is 20.8 Å². The molecule has 3 aromatic rings. The largest absolute Gasteiger partial charge is 0.467 e. The Kier molecular flexibility index (Phi) is 4.47. The first-order valence-electron chi connectivity index (χ1n) is 7.79. The fraction of sp³-hybridized carbons (Fsp3) is 0.222. The highest BCUT2D eigenvalue weighted by Gasteiger charge is 2.12. The minimum absolute atomic E-state index is 0.240. The van der Waals surface area contributed by atoms with E-state index in [1.807, 2.05) is 42.7 Å². The Labute approximate surface area is 145 Å². The van der Waals surface area contributed by atoms with Crippen LogP contribution >= 0.6 is 0 Å². The van der Waals surface area contributed by atoms with Crippen LogP contribution in [0.3, 0.4) is 0 Å². The zero-order valence-corrected chi connectivity index (χ0v) is 14.6. The summed E-state index contributed by atoms with van der Waals surface area (Å²) in [5.41, 5.74) is 4.73. The lowest BCUT2D eigenvalue weighted by atomic mass is 10.2. The summed E-state index contributed by atoms with van der Waals surface area (Å²) < 4.78 is 6.96. The first kappa shape index (κ1) is 16.6. The highest BCUT2D eigenvalue weighted by molar-refractivity contribution is 6.04. The summed E-state index contributed by atoms with van der Waals surface area (Å²) in [6.07, 6.45) is 3.25. The number of hydrogen-bond donors (Lipinski definition) is 1. The van der Waals surface area contributed by atoms with Gasteiger partial charge in [-0.15, -0.1) is 0 Å². The summed E-state index contributed by atoms with van der Waals surface area (Å²) in [5, 5.41) is 2.85. The van der Waals surface area contributed by atoms with Crippen LogP contribution in [0.25, 0.3) is 5.69 Å². The molecule has 0 saturated heterocycles. The molecule has 1 aromatic carbocycles. The van der Waals surface area contributed by atoms with Crippen LogP contribution < -0.4 is 10.1 Å². The van der Waals surface area contributed by atoms with Gasteiger partial charge in [0.2, 0.25) is 0 Å². The van der Waals surface area contributed by atoms with E-state index in [1.54, 1.807) is 13.3 Å². The lowest BCUT2D eigenvalue weighted by Crippen LogP contribution is -2.15. The molecule has 0 saturated carbocycles. The summed E-state index contributed by atoms with van der Waals surface area (Å²) in [5.74, 6) is -0.262. The van der Waals surface area contributed by atoms with Gasteiger partial charge in [-0.25, -0.2) is 9.97 Å². The maximum atomic E-state index is 12.4. The van der Waals surface area contributed by atoms with E-state index in [0.717, 1.165) is 17.1 Å². The Balaban J connectivity index is 1.77. The molecule has 2 aromatic heterocycles. The van der Waals surface area contributed by atoms with Crippen molar-refractivity contribution in [3.63, 3.8) is 0 Å². The van der Waals surface area contributed by atoms with Gasteiger partial charge in [0.15, 0.2) is 0 Å². The number of amides is 1. The molecule has 0 aliphatic rings. The van der Waals surface area contributed by atoms with E-state index >= 15 is 0 Å². The number of hydrogen-bond acceptors (Lipinski definition) is 5. The van der Waals surface area contributed by atoms with Crippen LogP contribution in [0.4, 0.5) is 5.69 Å². The number of benzene rings is 1. The molecule has 0 atom stereocenters. The van der Waals surface area contributed by atoms with E-state index in [2.05, 4.69) is 20.3 Å². The van der Waals surface area contributed by atoms with Crippen molar-refractivity contribution in [2.24, 2.45) is 0 Å². The van der Waals surface area contributed by atoms with Gasteiger partial charge in [0, 0.05) is 23.3 Å². The van der Waals surface area contributed by atoms with Gasteiger partial charge in [0.25, 0.3) is 5.91 Å². The summed E-state index contributed by atoms with van der Waals surface area (Å²) in [7, 11) is 1.49. The monoisotopic (exact) mass is 337 g/mol. The second-order valence-corrected chi connectivity index (χ2v) is 5.64. The van der Waals surface area contributed by atoms with Gasteiger partial charge < -0.3 is 14.6 Å². The minimum Gasteiger partial charge on any atom is -0.467 e. The molecule has 0 radical (unpaired) electrons. The van der Waals surface area contributed by atoms with Gasteiger partial charge in [-0.1, -0.05) is 0 Å². The molecule has 128 valence electrons. The third-order valence-corrected chi connectivity index (χ3v) is 4.04. The lowest BCUT2D eigenvalue weighted by Gasteiger charge is -2.10. The first-order valence-corrected chi connectivity index (χ1v) is 7.79. The number of nitrogens with zero attached hydrogens (tertiary/aromatic N) is 4. The summed E-state index contributed by atoms with van der Waals surface area (Å²) in [4.78, 5) is 24.8. The van der Waals surface area contributed by atoms with Crippen molar-refractivity contribution in [2.75, 3.05) is 12.4 Å². The van der Waals surface area contributed by atoms with Crippen LogP contribution in [0.5, 0.6) is 6.01 Å².